The average Bonchev–Trinajstić information content (AvgIpc) is 3.05. The summed E-state index contributed by atoms with van der Waals surface area (Å²) in [5.41, 5.74) is 1.39. The number of methoxy groups -OCH3 is 1. The van der Waals surface area contributed by atoms with Gasteiger partial charge in [-0.25, -0.2) is 13.4 Å². The van der Waals surface area contributed by atoms with Crippen LogP contribution in [0.2, 0.25) is 5.02 Å². The van der Waals surface area contributed by atoms with Gasteiger partial charge < -0.3 is 15.4 Å². The highest BCUT2D eigenvalue weighted by Gasteiger charge is 2.13. The van der Waals surface area contributed by atoms with Crippen LogP contribution in [0.4, 0.5) is 17.5 Å². The number of sulfone groups is 1. The van der Waals surface area contributed by atoms with Crippen LogP contribution in [0.25, 0.3) is 0 Å². The molecule has 0 aliphatic heterocycles. The molecule has 0 amide bonds. The lowest BCUT2D eigenvalue weighted by Crippen LogP contribution is -2.07. The number of nitrogens with one attached hydrogen (secondary N) is 2. The number of aromatic nitrogens is 4. The van der Waals surface area contributed by atoms with Gasteiger partial charge >= 0.3 is 0 Å². The van der Waals surface area contributed by atoms with Gasteiger partial charge in [0.15, 0.2) is 15.7 Å². The van der Waals surface area contributed by atoms with Crippen LogP contribution in [0, 0.1) is 0 Å². The van der Waals surface area contributed by atoms with Gasteiger partial charge in [0.05, 0.1) is 30.1 Å². The molecule has 1 aromatic carbocycles. The van der Waals surface area contributed by atoms with Gasteiger partial charge in [-0.1, -0.05) is 11.6 Å². The Kier molecular flexibility index (Phi) is 5.71. The van der Waals surface area contributed by atoms with Gasteiger partial charge in [0.1, 0.15) is 10.8 Å². The summed E-state index contributed by atoms with van der Waals surface area (Å²) in [5.74, 6) is 1.30. The Bertz CT molecular complexity index is 1100. The van der Waals surface area contributed by atoms with Crippen LogP contribution in [0.1, 0.15) is 5.56 Å². The molecule has 0 radical (unpaired) electrons. The first-order chi connectivity index (χ1) is 13.3. The van der Waals surface area contributed by atoms with Gasteiger partial charge in [-0.2, -0.15) is 10.1 Å². The van der Waals surface area contributed by atoms with E-state index < -0.39 is 9.84 Å². The molecule has 28 heavy (non-hydrogen) atoms. The predicted octanol–water partition coefficient (Wildman–Crippen LogP) is 2.63. The molecule has 0 atom stereocenters. The fourth-order valence-electron chi connectivity index (χ4n) is 2.47. The van der Waals surface area contributed by atoms with Crippen LogP contribution in [0.5, 0.6) is 5.75 Å². The largest absolute Gasteiger partial charge is 0.496 e. The molecular formula is C17H19ClN6O3S. The zero-order chi connectivity index (χ0) is 20.3. The maximum Gasteiger partial charge on any atom is 0.229 e. The third-order valence-electron chi connectivity index (χ3n) is 3.83. The minimum absolute atomic E-state index is 0.206. The van der Waals surface area contributed by atoms with Gasteiger partial charge in [0.25, 0.3) is 0 Å². The molecule has 3 rings (SSSR count). The number of ether oxygens (including phenoxy) is 1. The van der Waals surface area contributed by atoms with Gasteiger partial charge in [-0.05, 0) is 18.2 Å². The molecule has 0 spiro atoms. The Hall–Kier alpha value is -2.85. The molecule has 148 valence electrons. The van der Waals surface area contributed by atoms with E-state index in [1.54, 1.807) is 36.3 Å². The Morgan fingerprint density at radius 1 is 1.29 bits per heavy atom. The molecule has 2 heterocycles. The van der Waals surface area contributed by atoms with Gasteiger partial charge in [-0.15, -0.1) is 0 Å². The Balaban J connectivity index is 1.81. The molecule has 0 aliphatic carbocycles. The second-order valence-electron chi connectivity index (χ2n) is 6.02. The van der Waals surface area contributed by atoms with Crippen LogP contribution in [-0.2, 0) is 23.4 Å². The summed E-state index contributed by atoms with van der Waals surface area (Å²) in [7, 11) is -0.00884. The van der Waals surface area contributed by atoms with E-state index in [1.165, 1.54) is 19.4 Å². The number of anilines is 3. The average molecular weight is 423 g/mol. The molecule has 9 nitrogen and oxygen atoms in total. The van der Waals surface area contributed by atoms with Crippen molar-refractivity contribution in [2.45, 2.75) is 11.4 Å². The standard InChI is InChI=1S/C17H19ClN6O3S/c1-24-10-12(8-21-24)22-17-20-9-14(18)16(23-17)19-7-11-6-13(28(3,25)26)4-5-15(11)27-2/h4-6,8-10H,7H2,1-3H3,(H2,19,20,22,23). The smallest absolute Gasteiger partial charge is 0.229 e. The predicted molar refractivity (Wildman–Crippen MR) is 107 cm³/mol. The summed E-state index contributed by atoms with van der Waals surface area (Å²) in [6, 6.07) is 4.68. The van der Waals surface area contributed by atoms with Crippen LogP contribution < -0.4 is 15.4 Å². The van der Waals surface area contributed by atoms with Crippen molar-refractivity contribution in [2.75, 3.05) is 24.0 Å². The van der Waals surface area contributed by atoms with Crippen molar-refractivity contribution < 1.29 is 13.2 Å². The Morgan fingerprint density at radius 2 is 2.07 bits per heavy atom. The highest BCUT2D eigenvalue weighted by Crippen LogP contribution is 2.26. The fraction of sp³-hybridized carbons (Fsp3) is 0.235. The molecule has 3 aromatic rings. The first kappa shape index (κ1) is 19.9. The molecular weight excluding hydrogens is 404 g/mol. The molecule has 0 unspecified atom stereocenters. The van der Waals surface area contributed by atoms with E-state index in [1.807, 2.05) is 0 Å². The molecule has 0 aliphatic rings. The van der Waals surface area contributed by atoms with Gasteiger partial charge in [0.2, 0.25) is 5.95 Å². The molecule has 0 saturated carbocycles. The number of benzene rings is 1. The molecule has 11 heteroatoms. The lowest BCUT2D eigenvalue weighted by atomic mass is 10.2. The SMILES string of the molecule is COc1ccc(S(C)(=O)=O)cc1CNc1nc(Nc2cnn(C)c2)ncc1Cl. The number of halogens is 1. The van der Waals surface area contributed by atoms with Crippen molar-refractivity contribution in [1.29, 1.82) is 0 Å². The Labute approximate surface area is 167 Å². The maximum absolute atomic E-state index is 11.8. The molecule has 0 bridgehead atoms. The summed E-state index contributed by atoms with van der Waals surface area (Å²) in [4.78, 5) is 8.71. The van der Waals surface area contributed by atoms with E-state index in [2.05, 4.69) is 25.7 Å². The van der Waals surface area contributed by atoms with E-state index in [0.29, 0.717) is 28.1 Å². The monoisotopic (exact) mass is 422 g/mol. The number of hydrogen-bond acceptors (Lipinski definition) is 8. The third kappa shape index (κ3) is 4.70. The van der Waals surface area contributed by atoms with Crippen LogP contribution in [-0.4, -0.2) is 41.5 Å². The normalized spacial score (nSPS) is 11.3. The van der Waals surface area contributed by atoms with E-state index >= 15 is 0 Å². The van der Waals surface area contributed by atoms with E-state index in [4.69, 9.17) is 16.3 Å². The van der Waals surface area contributed by atoms with Crippen molar-refractivity contribution in [3.63, 3.8) is 0 Å². The van der Waals surface area contributed by atoms with Crippen LogP contribution in [0.3, 0.4) is 0 Å². The fourth-order valence-corrected chi connectivity index (χ4v) is 3.30. The van der Waals surface area contributed by atoms with Gasteiger partial charge in [-0.3, -0.25) is 4.68 Å². The molecule has 0 fully saturated rings. The zero-order valence-electron chi connectivity index (χ0n) is 15.5. The third-order valence-corrected chi connectivity index (χ3v) is 5.22. The zero-order valence-corrected chi connectivity index (χ0v) is 17.0. The topological polar surface area (TPSA) is 111 Å². The van der Waals surface area contributed by atoms with Crippen LogP contribution in [0.15, 0.2) is 41.7 Å². The maximum atomic E-state index is 11.8. The summed E-state index contributed by atoms with van der Waals surface area (Å²) in [6.45, 7) is 0.260. The van der Waals surface area contributed by atoms with Gasteiger partial charge in [0, 0.05) is 31.6 Å². The van der Waals surface area contributed by atoms with Crippen molar-refractivity contribution in [3.05, 3.63) is 47.4 Å². The van der Waals surface area contributed by atoms with Crippen molar-refractivity contribution in [1.82, 2.24) is 19.7 Å². The summed E-state index contributed by atoms with van der Waals surface area (Å²) < 4.78 is 30.6. The minimum Gasteiger partial charge on any atom is -0.496 e. The highest BCUT2D eigenvalue weighted by atomic mass is 35.5. The quantitative estimate of drug-likeness (QED) is 0.597. The first-order valence-corrected chi connectivity index (χ1v) is 10.4. The second-order valence-corrected chi connectivity index (χ2v) is 8.44. The summed E-state index contributed by atoms with van der Waals surface area (Å²) >= 11 is 6.19. The first-order valence-electron chi connectivity index (χ1n) is 8.15. The molecule has 2 N–H and O–H groups in total. The number of nitrogens with zero attached hydrogens (tertiary/aromatic N) is 4. The van der Waals surface area contributed by atoms with E-state index in [0.717, 1.165) is 11.9 Å². The molecule has 0 saturated heterocycles. The number of rotatable bonds is 7. The molecule has 2 aromatic heterocycles. The highest BCUT2D eigenvalue weighted by molar-refractivity contribution is 7.90. The van der Waals surface area contributed by atoms with E-state index in [-0.39, 0.29) is 11.4 Å². The number of hydrogen-bond donors (Lipinski definition) is 2. The minimum atomic E-state index is -3.33. The van der Waals surface area contributed by atoms with Crippen molar-refractivity contribution >= 4 is 38.9 Å². The lowest BCUT2D eigenvalue weighted by Gasteiger charge is -2.13. The summed E-state index contributed by atoms with van der Waals surface area (Å²) in [6.07, 6.45) is 6.06. The second kappa shape index (κ2) is 8.03. The Morgan fingerprint density at radius 3 is 2.71 bits per heavy atom. The van der Waals surface area contributed by atoms with Crippen molar-refractivity contribution in [2.24, 2.45) is 7.05 Å². The summed E-state index contributed by atoms with van der Waals surface area (Å²) in [5, 5.41) is 10.5. The number of aryl methyl sites for hydroxylation is 1. The van der Waals surface area contributed by atoms with E-state index in [9.17, 15) is 8.42 Å². The van der Waals surface area contributed by atoms with Crippen LogP contribution >= 0.6 is 11.6 Å². The lowest BCUT2D eigenvalue weighted by molar-refractivity contribution is 0.410. The van der Waals surface area contributed by atoms with Crippen molar-refractivity contribution in [3.8, 4) is 5.75 Å².